The lowest BCUT2D eigenvalue weighted by Crippen LogP contribution is -2.05. The monoisotopic (exact) mass is 289 g/mol. The SMILES string of the molecule is CCS(=O)(=O)Cc1ncc(-c2csc(N)n2)s1. The van der Waals surface area contributed by atoms with Gasteiger partial charge in [-0.1, -0.05) is 6.92 Å². The first-order valence-corrected chi connectivity index (χ1v) is 8.38. The van der Waals surface area contributed by atoms with E-state index >= 15 is 0 Å². The van der Waals surface area contributed by atoms with Crippen LogP contribution in [0.4, 0.5) is 5.13 Å². The van der Waals surface area contributed by atoms with Gasteiger partial charge in [-0.05, 0) is 0 Å². The van der Waals surface area contributed by atoms with Crippen molar-refractivity contribution in [2.24, 2.45) is 0 Å². The quantitative estimate of drug-likeness (QED) is 0.927. The van der Waals surface area contributed by atoms with E-state index in [4.69, 9.17) is 5.73 Å². The van der Waals surface area contributed by atoms with Crippen LogP contribution in [0, 0.1) is 0 Å². The Labute approximate surface area is 107 Å². The molecule has 0 atom stereocenters. The topological polar surface area (TPSA) is 85.9 Å². The molecule has 92 valence electrons. The van der Waals surface area contributed by atoms with Gasteiger partial charge in [0.15, 0.2) is 15.0 Å². The summed E-state index contributed by atoms with van der Waals surface area (Å²) in [5.41, 5.74) is 6.30. The van der Waals surface area contributed by atoms with E-state index in [0.29, 0.717) is 10.1 Å². The molecule has 0 saturated carbocycles. The number of aromatic nitrogens is 2. The molecule has 5 nitrogen and oxygen atoms in total. The molecule has 0 aliphatic heterocycles. The zero-order valence-corrected chi connectivity index (χ0v) is 11.5. The van der Waals surface area contributed by atoms with Gasteiger partial charge in [0.1, 0.15) is 10.8 Å². The first-order valence-electron chi connectivity index (χ1n) is 4.86. The highest BCUT2D eigenvalue weighted by molar-refractivity contribution is 7.90. The van der Waals surface area contributed by atoms with Gasteiger partial charge < -0.3 is 5.73 Å². The molecule has 0 aromatic carbocycles. The lowest BCUT2D eigenvalue weighted by atomic mass is 10.4. The van der Waals surface area contributed by atoms with Gasteiger partial charge in [-0.15, -0.1) is 22.7 Å². The maximum atomic E-state index is 11.5. The molecule has 0 radical (unpaired) electrons. The Bertz CT molecular complexity index is 615. The summed E-state index contributed by atoms with van der Waals surface area (Å²) < 4.78 is 22.9. The number of hydrogen-bond donors (Lipinski definition) is 1. The summed E-state index contributed by atoms with van der Waals surface area (Å²) in [5.74, 6) is 0.124. The Hall–Kier alpha value is -0.990. The van der Waals surface area contributed by atoms with Crippen LogP contribution in [0.5, 0.6) is 0 Å². The predicted octanol–water partition coefficient (Wildman–Crippen LogP) is 1.78. The highest BCUT2D eigenvalue weighted by Crippen LogP contribution is 2.28. The molecule has 0 aliphatic rings. The summed E-state index contributed by atoms with van der Waals surface area (Å²) in [4.78, 5) is 9.07. The fraction of sp³-hybridized carbons (Fsp3) is 0.333. The fourth-order valence-electron chi connectivity index (χ4n) is 1.19. The lowest BCUT2D eigenvalue weighted by Gasteiger charge is -1.95. The van der Waals surface area contributed by atoms with E-state index in [1.807, 2.05) is 5.38 Å². The minimum absolute atomic E-state index is 0.00616. The van der Waals surface area contributed by atoms with Crippen molar-refractivity contribution in [1.29, 1.82) is 0 Å². The first-order chi connectivity index (χ1) is 8.00. The van der Waals surface area contributed by atoms with Gasteiger partial charge in [0.2, 0.25) is 0 Å². The summed E-state index contributed by atoms with van der Waals surface area (Å²) in [6.45, 7) is 1.63. The standard InChI is InChI=1S/C9H11N3O2S3/c1-2-17(13,14)5-8-11-3-7(16-8)6-4-15-9(10)12-6/h3-4H,2,5H2,1H3,(H2,10,12). The summed E-state index contributed by atoms with van der Waals surface area (Å²) in [6, 6.07) is 0. The van der Waals surface area contributed by atoms with E-state index < -0.39 is 9.84 Å². The zero-order chi connectivity index (χ0) is 12.5. The molecule has 0 aliphatic carbocycles. The highest BCUT2D eigenvalue weighted by atomic mass is 32.2. The summed E-state index contributed by atoms with van der Waals surface area (Å²) in [5, 5.41) is 2.92. The predicted molar refractivity (Wildman–Crippen MR) is 70.8 cm³/mol. The third kappa shape index (κ3) is 3.02. The van der Waals surface area contributed by atoms with Crippen LogP contribution in [0.2, 0.25) is 0 Å². The van der Waals surface area contributed by atoms with Crippen LogP contribution in [-0.4, -0.2) is 24.1 Å². The lowest BCUT2D eigenvalue weighted by molar-refractivity contribution is 0.596. The van der Waals surface area contributed by atoms with E-state index in [-0.39, 0.29) is 11.5 Å². The average Bonchev–Trinajstić information content (AvgIpc) is 2.86. The van der Waals surface area contributed by atoms with Gasteiger partial charge in [0.05, 0.1) is 10.6 Å². The Morgan fingerprint density at radius 3 is 2.82 bits per heavy atom. The number of anilines is 1. The number of sulfone groups is 1. The van der Waals surface area contributed by atoms with Crippen molar-refractivity contribution in [3.63, 3.8) is 0 Å². The Morgan fingerprint density at radius 2 is 2.24 bits per heavy atom. The van der Waals surface area contributed by atoms with Gasteiger partial charge in [-0.2, -0.15) is 0 Å². The minimum Gasteiger partial charge on any atom is -0.375 e. The number of rotatable bonds is 4. The molecule has 0 bridgehead atoms. The van der Waals surface area contributed by atoms with Crippen molar-refractivity contribution in [2.75, 3.05) is 11.5 Å². The zero-order valence-electron chi connectivity index (χ0n) is 9.08. The summed E-state index contributed by atoms with van der Waals surface area (Å²) >= 11 is 2.69. The fourth-order valence-corrected chi connectivity index (χ4v) is 3.93. The molecule has 17 heavy (non-hydrogen) atoms. The largest absolute Gasteiger partial charge is 0.375 e. The van der Waals surface area contributed by atoms with Crippen LogP contribution in [0.15, 0.2) is 11.6 Å². The van der Waals surface area contributed by atoms with Crippen molar-refractivity contribution < 1.29 is 8.42 Å². The molecule has 2 heterocycles. The normalized spacial score (nSPS) is 11.8. The molecule has 2 rings (SSSR count). The van der Waals surface area contributed by atoms with E-state index in [0.717, 1.165) is 10.6 Å². The van der Waals surface area contributed by atoms with Crippen molar-refractivity contribution in [1.82, 2.24) is 9.97 Å². The third-order valence-corrected chi connectivity index (χ3v) is 5.58. The molecular weight excluding hydrogens is 278 g/mol. The van der Waals surface area contributed by atoms with Crippen LogP contribution in [0.1, 0.15) is 11.9 Å². The molecule has 0 spiro atoms. The second-order valence-electron chi connectivity index (χ2n) is 3.37. The number of nitrogens with two attached hydrogens (primary N) is 1. The van der Waals surface area contributed by atoms with Crippen molar-refractivity contribution in [3.05, 3.63) is 16.6 Å². The van der Waals surface area contributed by atoms with Gasteiger partial charge in [0.25, 0.3) is 0 Å². The molecule has 0 fully saturated rings. The first kappa shape index (κ1) is 12.5. The number of thiazole rings is 2. The highest BCUT2D eigenvalue weighted by Gasteiger charge is 2.14. The van der Waals surface area contributed by atoms with E-state index in [1.165, 1.54) is 22.7 Å². The van der Waals surface area contributed by atoms with Crippen molar-refractivity contribution in [2.45, 2.75) is 12.7 Å². The average molecular weight is 289 g/mol. The van der Waals surface area contributed by atoms with Crippen LogP contribution >= 0.6 is 22.7 Å². The Kier molecular flexibility index (Phi) is 3.45. The van der Waals surface area contributed by atoms with Gasteiger partial charge in [-0.3, -0.25) is 0 Å². The van der Waals surface area contributed by atoms with Gasteiger partial charge in [-0.25, -0.2) is 18.4 Å². The van der Waals surface area contributed by atoms with Crippen LogP contribution in [-0.2, 0) is 15.6 Å². The van der Waals surface area contributed by atoms with E-state index in [2.05, 4.69) is 9.97 Å². The molecule has 0 saturated heterocycles. The van der Waals surface area contributed by atoms with Crippen molar-refractivity contribution >= 4 is 37.6 Å². The molecule has 0 unspecified atom stereocenters. The Balaban J connectivity index is 2.22. The third-order valence-electron chi connectivity index (χ3n) is 2.11. The summed E-state index contributed by atoms with van der Waals surface area (Å²) in [7, 11) is -3.03. The van der Waals surface area contributed by atoms with E-state index in [1.54, 1.807) is 13.1 Å². The van der Waals surface area contributed by atoms with Crippen LogP contribution < -0.4 is 5.73 Å². The molecule has 2 aromatic rings. The van der Waals surface area contributed by atoms with Gasteiger partial charge in [0, 0.05) is 17.3 Å². The smallest absolute Gasteiger partial charge is 0.180 e. The minimum atomic E-state index is -3.03. The molecule has 2 N–H and O–H groups in total. The number of nitrogens with zero attached hydrogens (tertiary/aromatic N) is 2. The van der Waals surface area contributed by atoms with Gasteiger partial charge >= 0.3 is 0 Å². The second-order valence-corrected chi connectivity index (χ2v) is 7.72. The van der Waals surface area contributed by atoms with Crippen LogP contribution in [0.25, 0.3) is 10.6 Å². The maximum absolute atomic E-state index is 11.5. The molecule has 2 aromatic heterocycles. The molecule has 8 heteroatoms. The number of nitrogen functional groups attached to an aromatic ring is 1. The van der Waals surface area contributed by atoms with E-state index in [9.17, 15) is 8.42 Å². The van der Waals surface area contributed by atoms with Crippen LogP contribution in [0.3, 0.4) is 0 Å². The Morgan fingerprint density at radius 1 is 1.47 bits per heavy atom. The van der Waals surface area contributed by atoms with Crippen molar-refractivity contribution in [3.8, 4) is 10.6 Å². The molecule has 0 amide bonds. The summed E-state index contributed by atoms with van der Waals surface area (Å²) in [6.07, 6.45) is 1.64. The second kappa shape index (κ2) is 4.71. The number of hydrogen-bond acceptors (Lipinski definition) is 7. The maximum Gasteiger partial charge on any atom is 0.180 e. The molecular formula is C9H11N3O2S3.